The van der Waals surface area contributed by atoms with Gasteiger partial charge in [0.05, 0.1) is 11.2 Å². The molecule has 0 amide bonds. The molecule has 2 aromatic carbocycles. The molecule has 0 saturated heterocycles. The molecular weight excluding hydrogens is 413 g/mol. The predicted molar refractivity (Wildman–Crippen MR) is 130 cm³/mol. The van der Waals surface area contributed by atoms with Gasteiger partial charge in [0, 0.05) is 34.7 Å². The first-order valence-electron chi connectivity index (χ1n) is 11.5. The van der Waals surface area contributed by atoms with E-state index in [4.69, 9.17) is 5.10 Å². The number of rotatable bonds is 2. The maximum Gasteiger partial charge on any atom is 0.162 e. The Morgan fingerprint density at radius 1 is 1.03 bits per heavy atom. The van der Waals surface area contributed by atoms with Gasteiger partial charge in [-0.05, 0) is 50.3 Å². The van der Waals surface area contributed by atoms with Gasteiger partial charge in [-0.25, -0.2) is 9.07 Å². The number of fused-ring (bicyclic) bond motifs is 1. The molecule has 2 heterocycles. The van der Waals surface area contributed by atoms with E-state index in [1.807, 2.05) is 35.0 Å². The number of Topliss-reactive ketones (excluding diaryl/α,β-unsaturated/α-hetero) is 1. The maximum atomic E-state index is 13.9. The molecule has 3 aromatic rings. The third-order valence-electron chi connectivity index (χ3n) is 6.57. The first kappa shape index (κ1) is 21.6. The van der Waals surface area contributed by atoms with Crippen molar-refractivity contribution in [2.75, 3.05) is 5.32 Å². The van der Waals surface area contributed by atoms with Crippen molar-refractivity contribution in [1.82, 2.24) is 9.78 Å². The Labute approximate surface area is 194 Å². The number of halogens is 1. The SMILES string of the molecule is CC1(C)CC(=O)C2=C(C1)Nc1c(c(-c3ccccc3)nn1C(C)(C)C)C2c1ccc(F)cc1. The predicted octanol–water partition coefficient (Wildman–Crippen LogP) is 6.64. The molecule has 33 heavy (non-hydrogen) atoms. The van der Waals surface area contributed by atoms with Gasteiger partial charge in [-0.3, -0.25) is 4.79 Å². The van der Waals surface area contributed by atoms with E-state index in [0.717, 1.165) is 45.9 Å². The number of nitrogens with one attached hydrogen (secondary N) is 1. The molecule has 1 aliphatic heterocycles. The summed E-state index contributed by atoms with van der Waals surface area (Å²) in [5.41, 5.74) is 5.10. The van der Waals surface area contributed by atoms with Crippen LogP contribution >= 0.6 is 0 Å². The fraction of sp³-hybridized carbons (Fsp3) is 0.357. The summed E-state index contributed by atoms with van der Waals surface area (Å²) in [6.07, 6.45) is 1.27. The number of anilines is 1. The van der Waals surface area contributed by atoms with Gasteiger partial charge < -0.3 is 5.32 Å². The van der Waals surface area contributed by atoms with Crippen LogP contribution in [-0.2, 0) is 10.3 Å². The molecule has 1 aromatic heterocycles. The lowest BCUT2D eigenvalue weighted by Crippen LogP contribution is -2.35. The molecule has 2 aliphatic rings. The largest absolute Gasteiger partial charge is 0.343 e. The highest BCUT2D eigenvalue weighted by Gasteiger charge is 2.44. The molecule has 1 aliphatic carbocycles. The fourth-order valence-electron chi connectivity index (χ4n) is 5.18. The van der Waals surface area contributed by atoms with Crippen LogP contribution < -0.4 is 5.32 Å². The quantitative estimate of drug-likeness (QED) is 0.483. The van der Waals surface area contributed by atoms with Crippen molar-refractivity contribution in [2.24, 2.45) is 5.41 Å². The number of benzene rings is 2. The van der Waals surface area contributed by atoms with Crippen molar-refractivity contribution in [3.05, 3.63) is 82.8 Å². The maximum absolute atomic E-state index is 13.9. The van der Waals surface area contributed by atoms with Crippen molar-refractivity contribution in [1.29, 1.82) is 0 Å². The summed E-state index contributed by atoms with van der Waals surface area (Å²) in [7, 11) is 0. The van der Waals surface area contributed by atoms with E-state index in [9.17, 15) is 9.18 Å². The van der Waals surface area contributed by atoms with E-state index in [1.54, 1.807) is 12.1 Å². The Hall–Kier alpha value is -3.21. The van der Waals surface area contributed by atoms with Crippen LogP contribution in [0.2, 0.25) is 0 Å². The third kappa shape index (κ3) is 3.69. The van der Waals surface area contributed by atoms with Crippen LogP contribution in [0.15, 0.2) is 65.9 Å². The summed E-state index contributed by atoms with van der Waals surface area (Å²) in [5.74, 6) is 0.481. The minimum absolute atomic E-state index is 0.122. The number of nitrogens with zero attached hydrogens (tertiary/aromatic N) is 2. The van der Waals surface area contributed by atoms with Crippen LogP contribution in [0.4, 0.5) is 10.2 Å². The van der Waals surface area contributed by atoms with Gasteiger partial charge in [0.2, 0.25) is 0 Å². The molecule has 0 spiro atoms. The number of hydrogen-bond donors (Lipinski definition) is 1. The zero-order chi connectivity index (χ0) is 23.5. The van der Waals surface area contributed by atoms with Gasteiger partial charge in [0.15, 0.2) is 5.78 Å². The lowest BCUT2D eigenvalue weighted by molar-refractivity contribution is -0.118. The van der Waals surface area contributed by atoms with Gasteiger partial charge in [0.1, 0.15) is 11.6 Å². The van der Waals surface area contributed by atoms with E-state index in [0.29, 0.717) is 6.42 Å². The second-order valence-corrected chi connectivity index (χ2v) is 11.0. The molecule has 0 radical (unpaired) electrons. The van der Waals surface area contributed by atoms with Crippen LogP contribution in [0, 0.1) is 11.2 Å². The van der Waals surface area contributed by atoms with Crippen molar-refractivity contribution >= 4 is 11.6 Å². The van der Waals surface area contributed by atoms with Gasteiger partial charge in [-0.15, -0.1) is 0 Å². The highest BCUT2D eigenvalue weighted by atomic mass is 19.1. The van der Waals surface area contributed by atoms with Gasteiger partial charge >= 0.3 is 0 Å². The van der Waals surface area contributed by atoms with E-state index in [-0.39, 0.29) is 28.5 Å². The van der Waals surface area contributed by atoms with Gasteiger partial charge in [-0.2, -0.15) is 5.10 Å². The van der Waals surface area contributed by atoms with Crippen molar-refractivity contribution < 1.29 is 9.18 Å². The molecule has 5 rings (SSSR count). The average Bonchev–Trinajstić information content (AvgIpc) is 3.12. The molecule has 4 nitrogen and oxygen atoms in total. The van der Waals surface area contributed by atoms with Crippen LogP contribution in [0.25, 0.3) is 11.3 Å². The first-order chi connectivity index (χ1) is 15.5. The van der Waals surface area contributed by atoms with Crippen LogP contribution in [-0.4, -0.2) is 15.6 Å². The minimum atomic E-state index is -0.299. The first-order valence-corrected chi connectivity index (χ1v) is 11.5. The Balaban J connectivity index is 1.83. The molecule has 0 saturated carbocycles. The molecule has 5 heteroatoms. The van der Waals surface area contributed by atoms with Crippen molar-refractivity contribution in [3.63, 3.8) is 0 Å². The van der Waals surface area contributed by atoms with E-state index >= 15 is 0 Å². The number of allylic oxidation sites excluding steroid dienone is 2. The fourth-order valence-corrected chi connectivity index (χ4v) is 5.18. The van der Waals surface area contributed by atoms with Crippen molar-refractivity contribution in [2.45, 2.75) is 58.9 Å². The standard InChI is InChI=1S/C28H30FN3O/c1-27(2,3)32-26-24(25(31-32)18-9-7-6-8-10-18)22(17-11-13-19(29)14-12-17)23-20(30-26)15-28(4,5)16-21(23)33/h6-14,22,30H,15-16H2,1-5H3. The topological polar surface area (TPSA) is 46.9 Å². The molecule has 1 N–H and O–H groups in total. The Kier molecular flexibility index (Phi) is 4.85. The monoisotopic (exact) mass is 443 g/mol. The highest BCUT2D eigenvalue weighted by molar-refractivity contribution is 6.02. The second kappa shape index (κ2) is 7.41. The van der Waals surface area contributed by atoms with Gasteiger partial charge in [-0.1, -0.05) is 56.3 Å². The molecule has 1 unspecified atom stereocenters. The summed E-state index contributed by atoms with van der Waals surface area (Å²) in [5, 5.41) is 8.73. The smallest absolute Gasteiger partial charge is 0.162 e. The minimum Gasteiger partial charge on any atom is -0.343 e. The normalized spacial score (nSPS) is 19.7. The van der Waals surface area contributed by atoms with Crippen LogP contribution in [0.1, 0.15) is 64.5 Å². The molecule has 0 fully saturated rings. The number of hydrogen-bond acceptors (Lipinski definition) is 3. The highest BCUT2D eigenvalue weighted by Crippen LogP contribution is 2.52. The number of aromatic nitrogens is 2. The molecule has 1 atom stereocenters. The third-order valence-corrected chi connectivity index (χ3v) is 6.57. The molecular formula is C28H30FN3O. The Morgan fingerprint density at radius 3 is 2.33 bits per heavy atom. The lowest BCUT2D eigenvalue weighted by Gasteiger charge is -2.39. The lowest BCUT2D eigenvalue weighted by atomic mass is 9.69. The zero-order valence-electron chi connectivity index (χ0n) is 19.9. The van der Waals surface area contributed by atoms with Crippen LogP contribution in [0.5, 0.6) is 0 Å². The number of carbonyl (C=O) groups excluding carboxylic acids is 1. The van der Waals surface area contributed by atoms with E-state index in [1.165, 1.54) is 12.1 Å². The Bertz CT molecular complexity index is 1260. The second-order valence-electron chi connectivity index (χ2n) is 11.0. The van der Waals surface area contributed by atoms with Crippen LogP contribution in [0.3, 0.4) is 0 Å². The summed E-state index contributed by atoms with van der Waals surface area (Å²) >= 11 is 0. The van der Waals surface area contributed by atoms with E-state index in [2.05, 4.69) is 39.9 Å². The van der Waals surface area contributed by atoms with Crippen molar-refractivity contribution in [3.8, 4) is 11.3 Å². The average molecular weight is 444 g/mol. The summed E-state index contributed by atoms with van der Waals surface area (Å²) in [6.45, 7) is 10.7. The van der Waals surface area contributed by atoms with Gasteiger partial charge in [0.25, 0.3) is 0 Å². The molecule has 0 bridgehead atoms. The molecule has 170 valence electrons. The number of ketones is 1. The summed E-state index contributed by atoms with van der Waals surface area (Å²) in [6, 6.07) is 16.6. The zero-order valence-corrected chi connectivity index (χ0v) is 19.9. The summed E-state index contributed by atoms with van der Waals surface area (Å²) in [4.78, 5) is 13.6. The summed E-state index contributed by atoms with van der Waals surface area (Å²) < 4.78 is 15.9. The Morgan fingerprint density at radius 2 is 1.70 bits per heavy atom. The van der Waals surface area contributed by atoms with E-state index < -0.39 is 0 Å². The number of carbonyl (C=O) groups is 1.